The molecule has 0 heterocycles. The van der Waals surface area contributed by atoms with Crippen LogP contribution >= 0.6 is 35.6 Å². The molecule has 0 atom stereocenters. The maximum absolute atomic E-state index is 11.0. The van der Waals surface area contributed by atoms with Gasteiger partial charge in [-0.25, -0.2) is 0 Å². The molecule has 0 aliphatic rings. The fourth-order valence-electron chi connectivity index (χ4n) is 2.12. The molecule has 0 spiro atoms. The van der Waals surface area contributed by atoms with Crippen molar-refractivity contribution in [3.05, 3.63) is 34.9 Å². The Morgan fingerprint density at radius 2 is 1.96 bits per heavy atom. The lowest BCUT2D eigenvalue weighted by molar-refractivity contribution is -0.140. The molecule has 0 radical (unpaired) electrons. The number of aliphatic imine (C=N–C) groups is 1. The molecule has 0 unspecified atom stereocenters. The fourth-order valence-corrected chi connectivity index (χ4v) is 2.33. The Balaban J connectivity index is 0.00000529. The van der Waals surface area contributed by atoms with Crippen LogP contribution < -0.4 is 10.6 Å². The molecule has 1 aromatic rings. The van der Waals surface area contributed by atoms with Crippen LogP contribution in [0.15, 0.2) is 29.3 Å². The molecule has 7 heteroatoms. The van der Waals surface area contributed by atoms with E-state index < -0.39 is 0 Å². The zero-order chi connectivity index (χ0) is 16.9. The summed E-state index contributed by atoms with van der Waals surface area (Å²) in [4.78, 5) is 15.2. The number of nitrogens with one attached hydrogen (secondary N) is 2. The monoisotopic (exact) mass is 467 g/mol. The van der Waals surface area contributed by atoms with Gasteiger partial charge in [-0.05, 0) is 37.0 Å². The van der Waals surface area contributed by atoms with Crippen molar-refractivity contribution in [3.63, 3.8) is 0 Å². The number of hydrogen-bond donors (Lipinski definition) is 2. The van der Waals surface area contributed by atoms with Crippen molar-refractivity contribution >= 4 is 47.5 Å². The summed E-state index contributed by atoms with van der Waals surface area (Å²) in [6, 6.07) is 7.87. The minimum Gasteiger partial charge on any atom is -0.469 e. The van der Waals surface area contributed by atoms with Gasteiger partial charge in [0.05, 0.1) is 7.11 Å². The fraction of sp³-hybridized carbons (Fsp3) is 0.529. The number of carbonyl (C=O) groups is 1. The maximum Gasteiger partial charge on any atom is 0.305 e. The average Bonchev–Trinajstić information content (AvgIpc) is 2.56. The lowest BCUT2D eigenvalue weighted by atomic mass is 10.1. The highest BCUT2D eigenvalue weighted by molar-refractivity contribution is 14.0. The van der Waals surface area contributed by atoms with Crippen molar-refractivity contribution in [2.45, 2.75) is 32.1 Å². The first-order valence-electron chi connectivity index (χ1n) is 7.91. The van der Waals surface area contributed by atoms with Gasteiger partial charge in [0, 0.05) is 31.6 Å². The summed E-state index contributed by atoms with van der Waals surface area (Å²) in [5.74, 6) is 0.649. The third kappa shape index (κ3) is 10.7. The van der Waals surface area contributed by atoms with Gasteiger partial charge >= 0.3 is 5.97 Å². The van der Waals surface area contributed by atoms with Crippen LogP contribution in [0.25, 0.3) is 0 Å². The molecule has 0 saturated carbocycles. The summed E-state index contributed by atoms with van der Waals surface area (Å²) in [5.41, 5.74) is 1.20. The largest absolute Gasteiger partial charge is 0.469 e. The Kier molecular flexibility index (Phi) is 13.7. The molecule has 0 fully saturated rings. The minimum atomic E-state index is -0.142. The third-order valence-corrected chi connectivity index (χ3v) is 3.63. The minimum absolute atomic E-state index is 0. The van der Waals surface area contributed by atoms with Crippen molar-refractivity contribution in [2.75, 3.05) is 27.2 Å². The Labute approximate surface area is 166 Å². The Morgan fingerprint density at radius 1 is 1.21 bits per heavy atom. The number of rotatable bonds is 9. The summed E-state index contributed by atoms with van der Waals surface area (Å²) in [6.45, 7) is 1.63. The molecule has 5 nitrogen and oxygen atoms in total. The van der Waals surface area contributed by atoms with Gasteiger partial charge in [0.1, 0.15) is 0 Å². The first-order chi connectivity index (χ1) is 11.2. The molecular weight excluding hydrogens is 441 g/mol. The SMILES string of the molecule is CN=C(NCCCCCC(=O)OC)NCCc1cccc(Cl)c1.I. The van der Waals surface area contributed by atoms with Crippen LogP contribution in [-0.2, 0) is 16.0 Å². The number of halogens is 2. The lowest BCUT2D eigenvalue weighted by Gasteiger charge is -2.12. The van der Waals surface area contributed by atoms with Gasteiger partial charge in [-0.1, -0.05) is 30.2 Å². The van der Waals surface area contributed by atoms with Crippen molar-refractivity contribution < 1.29 is 9.53 Å². The number of esters is 1. The molecule has 0 aromatic heterocycles. The van der Waals surface area contributed by atoms with Crippen LogP contribution in [-0.4, -0.2) is 39.2 Å². The third-order valence-electron chi connectivity index (χ3n) is 3.40. The predicted octanol–water partition coefficient (Wildman–Crippen LogP) is 3.40. The first kappa shape index (κ1) is 23.0. The zero-order valence-electron chi connectivity index (χ0n) is 14.3. The van der Waals surface area contributed by atoms with Crippen LogP contribution in [0, 0.1) is 0 Å². The quantitative estimate of drug-likeness (QED) is 0.192. The summed E-state index contributed by atoms with van der Waals surface area (Å²) in [5, 5.41) is 7.30. The number of unbranched alkanes of at least 4 members (excludes halogenated alkanes) is 2. The van der Waals surface area contributed by atoms with Crippen LogP contribution in [0.1, 0.15) is 31.2 Å². The van der Waals surface area contributed by atoms with Gasteiger partial charge < -0.3 is 15.4 Å². The van der Waals surface area contributed by atoms with E-state index in [0.29, 0.717) is 6.42 Å². The standard InChI is InChI=1S/C17H26ClN3O2.HI/c1-19-17(20-11-5-3-4-9-16(22)23-2)21-12-10-14-7-6-8-15(18)13-14;/h6-8,13H,3-5,9-12H2,1-2H3,(H2,19,20,21);1H. The van der Waals surface area contributed by atoms with Gasteiger partial charge in [-0.15, -0.1) is 24.0 Å². The van der Waals surface area contributed by atoms with E-state index in [1.807, 2.05) is 18.2 Å². The average molecular weight is 468 g/mol. The van der Waals surface area contributed by atoms with Crippen molar-refractivity contribution in [3.8, 4) is 0 Å². The molecule has 0 aliphatic heterocycles. The van der Waals surface area contributed by atoms with Gasteiger partial charge in [0.25, 0.3) is 0 Å². The van der Waals surface area contributed by atoms with Gasteiger partial charge in [-0.2, -0.15) is 0 Å². The lowest BCUT2D eigenvalue weighted by Crippen LogP contribution is -2.38. The zero-order valence-corrected chi connectivity index (χ0v) is 17.4. The molecular formula is C17H27ClIN3O2. The molecule has 24 heavy (non-hydrogen) atoms. The molecule has 0 amide bonds. The highest BCUT2D eigenvalue weighted by atomic mass is 127. The number of guanidine groups is 1. The topological polar surface area (TPSA) is 62.7 Å². The van der Waals surface area contributed by atoms with Crippen LogP contribution in [0.2, 0.25) is 5.02 Å². The van der Waals surface area contributed by atoms with Crippen molar-refractivity contribution in [1.29, 1.82) is 0 Å². The molecule has 2 N–H and O–H groups in total. The van der Waals surface area contributed by atoms with E-state index in [-0.39, 0.29) is 29.9 Å². The molecule has 0 aliphatic carbocycles. The van der Waals surface area contributed by atoms with E-state index in [4.69, 9.17) is 11.6 Å². The second-order valence-electron chi connectivity index (χ2n) is 5.19. The van der Waals surface area contributed by atoms with Crippen LogP contribution in [0.3, 0.4) is 0 Å². The Bertz CT molecular complexity index is 512. The summed E-state index contributed by atoms with van der Waals surface area (Å²) in [6.07, 6.45) is 4.21. The Hall–Kier alpha value is -1.02. The molecule has 1 aromatic carbocycles. The number of ether oxygens (including phenoxy) is 1. The van der Waals surface area contributed by atoms with E-state index in [1.165, 1.54) is 12.7 Å². The van der Waals surface area contributed by atoms with Gasteiger partial charge in [-0.3, -0.25) is 9.79 Å². The summed E-state index contributed by atoms with van der Waals surface area (Å²) < 4.78 is 4.61. The van der Waals surface area contributed by atoms with Crippen molar-refractivity contribution in [1.82, 2.24) is 10.6 Å². The highest BCUT2D eigenvalue weighted by Crippen LogP contribution is 2.10. The maximum atomic E-state index is 11.0. The first-order valence-corrected chi connectivity index (χ1v) is 8.29. The van der Waals surface area contributed by atoms with E-state index in [9.17, 15) is 4.79 Å². The van der Waals surface area contributed by atoms with Crippen molar-refractivity contribution in [2.24, 2.45) is 4.99 Å². The number of hydrogen-bond acceptors (Lipinski definition) is 3. The second kappa shape index (κ2) is 14.3. The molecule has 136 valence electrons. The second-order valence-corrected chi connectivity index (χ2v) is 5.63. The number of benzene rings is 1. The molecule has 1 rings (SSSR count). The highest BCUT2D eigenvalue weighted by Gasteiger charge is 2.01. The molecule has 0 saturated heterocycles. The van der Waals surface area contributed by atoms with Gasteiger partial charge in [0.2, 0.25) is 0 Å². The van der Waals surface area contributed by atoms with Crippen LogP contribution in [0.5, 0.6) is 0 Å². The molecule has 0 bridgehead atoms. The summed E-state index contributed by atoms with van der Waals surface area (Å²) in [7, 11) is 3.18. The van der Waals surface area contributed by atoms with E-state index in [1.54, 1.807) is 7.05 Å². The predicted molar refractivity (Wildman–Crippen MR) is 110 cm³/mol. The number of nitrogens with zero attached hydrogens (tertiary/aromatic N) is 1. The van der Waals surface area contributed by atoms with Gasteiger partial charge in [0.15, 0.2) is 5.96 Å². The van der Waals surface area contributed by atoms with Crippen LogP contribution in [0.4, 0.5) is 0 Å². The number of carbonyl (C=O) groups excluding carboxylic acids is 1. The Morgan fingerprint density at radius 3 is 2.62 bits per heavy atom. The van der Waals surface area contributed by atoms with E-state index >= 15 is 0 Å². The van der Waals surface area contributed by atoms with E-state index in [2.05, 4.69) is 26.4 Å². The smallest absolute Gasteiger partial charge is 0.305 e. The summed E-state index contributed by atoms with van der Waals surface area (Å²) >= 11 is 5.97. The van der Waals surface area contributed by atoms with E-state index in [0.717, 1.165) is 49.8 Å². The number of methoxy groups -OCH3 is 1. The normalized spacial score (nSPS) is 10.7.